The van der Waals surface area contributed by atoms with Crippen molar-refractivity contribution in [2.75, 3.05) is 18.4 Å². The summed E-state index contributed by atoms with van der Waals surface area (Å²) in [5, 5.41) is 13.6. The van der Waals surface area contributed by atoms with E-state index < -0.39 is 11.2 Å². The lowest BCUT2D eigenvalue weighted by atomic mass is 9.90. The van der Waals surface area contributed by atoms with Crippen molar-refractivity contribution in [3.05, 3.63) is 52.3 Å². The molecule has 1 saturated heterocycles. The Morgan fingerprint density at radius 1 is 1.27 bits per heavy atom. The third-order valence-corrected chi connectivity index (χ3v) is 6.86. The third kappa shape index (κ3) is 5.41. The molecule has 1 aliphatic rings. The molecular formula is C22H25F3N6OS. The SMILES string of the molecule is Cc1ccn(-c2cc(CN3CCC[C@@H](C)[C@H]3CNc3nnc(C(F)(F)F)s3)ccc2C=O)n1. The average molecular weight is 479 g/mol. The molecule has 11 heteroatoms. The summed E-state index contributed by atoms with van der Waals surface area (Å²) in [5.74, 6) is 0.365. The number of likely N-dealkylation sites (tertiary alicyclic amines) is 1. The second-order valence-electron chi connectivity index (χ2n) is 8.36. The van der Waals surface area contributed by atoms with Crippen LogP contribution >= 0.6 is 11.3 Å². The van der Waals surface area contributed by atoms with E-state index in [1.807, 2.05) is 31.3 Å². The molecule has 1 aliphatic heterocycles. The predicted octanol–water partition coefficient (Wildman–Crippen LogP) is 4.58. The van der Waals surface area contributed by atoms with Gasteiger partial charge < -0.3 is 5.32 Å². The number of carbonyl (C=O) groups excluding carboxylic acids is 1. The minimum Gasteiger partial charge on any atom is -0.358 e. The van der Waals surface area contributed by atoms with Crippen molar-refractivity contribution in [1.82, 2.24) is 24.9 Å². The normalized spacial score (nSPS) is 19.5. The fourth-order valence-electron chi connectivity index (χ4n) is 4.23. The molecule has 1 fully saturated rings. The Bertz CT molecular complexity index is 1110. The van der Waals surface area contributed by atoms with Crippen molar-refractivity contribution in [3.63, 3.8) is 0 Å². The van der Waals surface area contributed by atoms with Crippen LogP contribution in [0.4, 0.5) is 18.3 Å². The van der Waals surface area contributed by atoms with Crippen LogP contribution in [0.3, 0.4) is 0 Å². The number of piperidine rings is 1. The van der Waals surface area contributed by atoms with Gasteiger partial charge in [0.2, 0.25) is 10.1 Å². The molecule has 0 unspecified atom stereocenters. The van der Waals surface area contributed by atoms with Gasteiger partial charge in [-0.05, 0) is 56.0 Å². The number of rotatable bonds is 7. The van der Waals surface area contributed by atoms with Crippen LogP contribution in [0.1, 0.15) is 46.4 Å². The highest BCUT2D eigenvalue weighted by molar-refractivity contribution is 7.15. The molecule has 33 heavy (non-hydrogen) atoms. The number of halogens is 3. The lowest BCUT2D eigenvalue weighted by Crippen LogP contribution is -2.47. The van der Waals surface area contributed by atoms with Gasteiger partial charge in [0.25, 0.3) is 0 Å². The fraction of sp³-hybridized carbons (Fsp3) is 0.455. The van der Waals surface area contributed by atoms with Gasteiger partial charge in [-0.3, -0.25) is 9.69 Å². The highest BCUT2D eigenvalue weighted by atomic mass is 32.1. The largest absolute Gasteiger partial charge is 0.445 e. The molecule has 0 amide bonds. The second-order valence-corrected chi connectivity index (χ2v) is 9.34. The lowest BCUT2D eigenvalue weighted by Gasteiger charge is -2.40. The molecule has 0 spiro atoms. The molecule has 1 N–H and O–H groups in total. The van der Waals surface area contributed by atoms with E-state index in [0.717, 1.165) is 42.6 Å². The van der Waals surface area contributed by atoms with Crippen LogP contribution in [0.2, 0.25) is 0 Å². The van der Waals surface area contributed by atoms with Crippen molar-refractivity contribution in [1.29, 1.82) is 0 Å². The van der Waals surface area contributed by atoms with Gasteiger partial charge in [-0.1, -0.05) is 24.3 Å². The number of aromatic nitrogens is 4. The van der Waals surface area contributed by atoms with Gasteiger partial charge >= 0.3 is 6.18 Å². The van der Waals surface area contributed by atoms with Crippen molar-refractivity contribution in [3.8, 4) is 5.69 Å². The fourth-order valence-corrected chi connectivity index (χ4v) is 4.85. The van der Waals surface area contributed by atoms with E-state index in [9.17, 15) is 18.0 Å². The first-order chi connectivity index (χ1) is 15.7. The van der Waals surface area contributed by atoms with E-state index in [2.05, 4.69) is 32.4 Å². The minimum absolute atomic E-state index is 0.123. The van der Waals surface area contributed by atoms with Crippen LogP contribution in [0.25, 0.3) is 5.69 Å². The van der Waals surface area contributed by atoms with Crippen molar-refractivity contribution >= 4 is 22.8 Å². The predicted molar refractivity (Wildman–Crippen MR) is 120 cm³/mol. The zero-order valence-electron chi connectivity index (χ0n) is 18.3. The summed E-state index contributed by atoms with van der Waals surface area (Å²) in [5.41, 5.74) is 3.18. The molecule has 0 saturated carbocycles. The molecular weight excluding hydrogens is 453 g/mol. The number of nitrogens with zero attached hydrogens (tertiary/aromatic N) is 5. The van der Waals surface area contributed by atoms with Crippen molar-refractivity contribution in [2.24, 2.45) is 5.92 Å². The highest BCUT2D eigenvalue weighted by Gasteiger charge is 2.36. The molecule has 176 valence electrons. The maximum absolute atomic E-state index is 12.8. The summed E-state index contributed by atoms with van der Waals surface area (Å²) in [6, 6.07) is 7.72. The standard InChI is InChI=1S/C22H25F3N6OS/c1-14-4-3-8-30(19(14)11-26-21-28-27-20(33-21)22(23,24)25)12-16-5-6-17(13-32)18(10-16)31-9-7-15(2)29-31/h5-7,9-10,13-14,19H,3-4,8,11-12H2,1-2H3,(H,26,28)/t14-,19-/m1/s1. The molecule has 7 nitrogen and oxygen atoms in total. The summed E-state index contributed by atoms with van der Waals surface area (Å²) in [6.45, 7) is 6.07. The first kappa shape index (κ1) is 23.4. The van der Waals surface area contributed by atoms with Crippen LogP contribution in [0, 0.1) is 12.8 Å². The van der Waals surface area contributed by atoms with Gasteiger partial charge in [0.15, 0.2) is 6.29 Å². The number of anilines is 1. The molecule has 3 aromatic rings. The first-order valence-electron chi connectivity index (χ1n) is 10.7. The Labute approximate surface area is 193 Å². The van der Waals surface area contributed by atoms with Crippen LogP contribution in [0.15, 0.2) is 30.5 Å². The Balaban J connectivity index is 1.50. The van der Waals surface area contributed by atoms with E-state index in [1.54, 1.807) is 10.7 Å². The van der Waals surface area contributed by atoms with Crippen LogP contribution in [-0.2, 0) is 12.7 Å². The topological polar surface area (TPSA) is 75.9 Å². The number of hydrogen-bond donors (Lipinski definition) is 1. The summed E-state index contributed by atoms with van der Waals surface area (Å²) in [6.07, 6.45) is 0.263. The van der Waals surface area contributed by atoms with Crippen LogP contribution in [-0.4, -0.2) is 50.3 Å². The molecule has 0 bridgehead atoms. The molecule has 4 rings (SSSR count). The van der Waals surface area contributed by atoms with E-state index in [-0.39, 0.29) is 11.2 Å². The van der Waals surface area contributed by atoms with Crippen molar-refractivity contribution in [2.45, 2.75) is 45.5 Å². The Morgan fingerprint density at radius 3 is 2.76 bits per heavy atom. The third-order valence-electron chi connectivity index (χ3n) is 5.94. The number of aldehydes is 1. The Hall–Kier alpha value is -2.79. The number of benzene rings is 1. The van der Waals surface area contributed by atoms with Crippen LogP contribution < -0.4 is 5.32 Å². The summed E-state index contributed by atoms with van der Waals surface area (Å²) < 4.78 is 40.2. The number of carbonyl (C=O) groups is 1. The molecule has 2 atom stereocenters. The van der Waals surface area contributed by atoms with E-state index in [1.165, 1.54) is 0 Å². The van der Waals surface area contributed by atoms with Gasteiger partial charge in [0, 0.05) is 30.9 Å². The van der Waals surface area contributed by atoms with E-state index >= 15 is 0 Å². The second kappa shape index (κ2) is 9.60. The first-order valence-corrected chi connectivity index (χ1v) is 11.6. The Morgan fingerprint density at radius 2 is 2.09 bits per heavy atom. The number of nitrogens with one attached hydrogen (secondary N) is 1. The molecule has 0 radical (unpaired) electrons. The molecule has 1 aromatic carbocycles. The minimum atomic E-state index is -4.49. The number of aryl methyl sites for hydroxylation is 1. The highest BCUT2D eigenvalue weighted by Crippen LogP contribution is 2.33. The number of hydrogen-bond acceptors (Lipinski definition) is 7. The zero-order valence-corrected chi connectivity index (χ0v) is 19.2. The van der Waals surface area contributed by atoms with Gasteiger partial charge in [-0.25, -0.2) is 4.68 Å². The summed E-state index contributed by atoms with van der Waals surface area (Å²) in [7, 11) is 0. The van der Waals surface area contributed by atoms with Gasteiger partial charge in [-0.2, -0.15) is 18.3 Å². The molecule has 2 aromatic heterocycles. The summed E-state index contributed by atoms with van der Waals surface area (Å²) in [4.78, 5) is 13.9. The Kier molecular flexibility index (Phi) is 6.80. The summed E-state index contributed by atoms with van der Waals surface area (Å²) >= 11 is 0.521. The smallest absolute Gasteiger partial charge is 0.358 e. The van der Waals surface area contributed by atoms with E-state index in [4.69, 9.17) is 0 Å². The monoisotopic (exact) mass is 478 g/mol. The van der Waals surface area contributed by atoms with E-state index in [0.29, 0.717) is 35.9 Å². The van der Waals surface area contributed by atoms with Gasteiger partial charge in [-0.15, -0.1) is 10.2 Å². The van der Waals surface area contributed by atoms with Gasteiger partial charge in [0.1, 0.15) is 0 Å². The van der Waals surface area contributed by atoms with Crippen LogP contribution in [0.5, 0.6) is 0 Å². The molecule has 3 heterocycles. The van der Waals surface area contributed by atoms with Crippen molar-refractivity contribution < 1.29 is 18.0 Å². The lowest BCUT2D eigenvalue weighted by molar-refractivity contribution is -0.138. The molecule has 0 aliphatic carbocycles. The van der Waals surface area contributed by atoms with Gasteiger partial charge in [0.05, 0.1) is 11.4 Å². The number of alkyl halides is 3. The quantitative estimate of drug-likeness (QED) is 0.501. The maximum atomic E-state index is 12.8. The average Bonchev–Trinajstić information content (AvgIpc) is 3.42. The maximum Gasteiger partial charge on any atom is 0.445 e. The zero-order chi connectivity index (χ0) is 23.6.